The van der Waals surface area contributed by atoms with Crippen molar-refractivity contribution in [1.82, 2.24) is 10.1 Å². The molecule has 2 amide bonds. The molecule has 1 aliphatic rings. The predicted octanol–water partition coefficient (Wildman–Crippen LogP) is 3.33. The largest absolute Gasteiger partial charge is 0.497 e. The molecule has 200 valence electrons. The smallest absolute Gasteiger partial charge is 0.316 e. The number of H-pyrrole nitrogens is 1. The quantitative estimate of drug-likeness (QED) is 0.453. The monoisotopic (exact) mass is 525 g/mol. The van der Waals surface area contributed by atoms with E-state index in [4.69, 9.17) is 14.0 Å². The first kappa shape index (κ1) is 26.6. The van der Waals surface area contributed by atoms with Crippen molar-refractivity contribution in [2.75, 3.05) is 25.6 Å². The van der Waals surface area contributed by atoms with Gasteiger partial charge in [0.05, 0.1) is 25.2 Å². The van der Waals surface area contributed by atoms with E-state index in [-0.39, 0.29) is 30.2 Å². The molecule has 3 aromatic rings. The van der Waals surface area contributed by atoms with Gasteiger partial charge in [-0.05, 0) is 62.6 Å². The second-order valence-corrected chi connectivity index (χ2v) is 9.32. The Kier molecular flexibility index (Phi) is 7.38. The Morgan fingerprint density at radius 1 is 1.18 bits per heavy atom. The number of rotatable bonds is 7. The Morgan fingerprint density at radius 2 is 1.95 bits per heavy atom. The number of carbonyl (C=O) groups excluding carboxylic acids is 3. The van der Waals surface area contributed by atoms with Crippen LogP contribution in [0.2, 0.25) is 0 Å². The lowest BCUT2D eigenvalue weighted by Crippen LogP contribution is -2.45. The van der Waals surface area contributed by atoms with Crippen LogP contribution in [0.1, 0.15) is 54.1 Å². The summed E-state index contributed by atoms with van der Waals surface area (Å²) in [6.45, 7) is 5.09. The summed E-state index contributed by atoms with van der Waals surface area (Å²) in [5, 5.41) is 4.75. The molecule has 2 heterocycles. The number of carbonyl (C=O) groups is 3. The number of benzene rings is 2. The van der Waals surface area contributed by atoms with Gasteiger partial charge in [-0.3, -0.25) is 19.2 Å². The number of methoxy groups -OCH3 is 1. The molecule has 0 saturated heterocycles. The number of ether oxygens (including phenoxy) is 2. The minimum absolute atomic E-state index is 0.114. The number of aromatic amines is 1. The van der Waals surface area contributed by atoms with Crippen LogP contribution in [0.4, 0.5) is 10.1 Å². The summed E-state index contributed by atoms with van der Waals surface area (Å²) in [4.78, 5) is 52.0. The summed E-state index contributed by atoms with van der Waals surface area (Å²) in [6.07, 6.45) is 0.434. The minimum Gasteiger partial charge on any atom is -0.497 e. The molecule has 1 unspecified atom stereocenters. The van der Waals surface area contributed by atoms with Crippen molar-refractivity contribution in [2.24, 2.45) is 0 Å². The van der Waals surface area contributed by atoms with Crippen molar-refractivity contribution in [1.29, 1.82) is 0 Å². The van der Waals surface area contributed by atoms with Crippen LogP contribution in [0.5, 0.6) is 5.75 Å². The molecule has 4 rings (SSSR count). The highest BCUT2D eigenvalue weighted by atomic mass is 19.1. The minimum atomic E-state index is -1.24. The van der Waals surface area contributed by atoms with Crippen molar-refractivity contribution in [2.45, 2.75) is 38.6 Å². The van der Waals surface area contributed by atoms with Crippen LogP contribution in [0.3, 0.4) is 0 Å². The Labute approximate surface area is 217 Å². The molecular weight excluding hydrogens is 497 g/mol. The molecule has 0 fully saturated rings. The van der Waals surface area contributed by atoms with Gasteiger partial charge >= 0.3 is 5.97 Å². The number of hydrogen-bond acceptors (Lipinski definition) is 7. The van der Waals surface area contributed by atoms with Gasteiger partial charge in [-0.25, -0.2) is 4.39 Å². The van der Waals surface area contributed by atoms with Gasteiger partial charge < -0.3 is 24.2 Å². The predicted molar refractivity (Wildman–Crippen MR) is 134 cm³/mol. The summed E-state index contributed by atoms with van der Waals surface area (Å²) in [5.41, 5.74) is -0.213. The highest BCUT2D eigenvalue weighted by Crippen LogP contribution is 2.35. The molecule has 1 atom stereocenters. The first-order valence-electron chi connectivity index (χ1n) is 12.0. The number of halogens is 1. The topological polar surface area (TPSA) is 131 Å². The molecule has 2 aromatic carbocycles. The van der Waals surface area contributed by atoms with Gasteiger partial charge in [0.1, 0.15) is 17.6 Å². The first-order valence-corrected chi connectivity index (χ1v) is 12.0. The zero-order valence-electron chi connectivity index (χ0n) is 21.4. The molecule has 1 aliphatic heterocycles. The molecule has 0 bridgehead atoms. The Hall–Kier alpha value is -4.41. The summed E-state index contributed by atoms with van der Waals surface area (Å²) in [6, 6.07) is 9.08. The van der Waals surface area contributed by atoms with E-state index >= 15 is 4.39 Å². The fourth-order valence-corrected chi connectivity index (χ4v) is 4.49. The molecule has 10 nitrogen and oxygen atoms in total. The van der Waals surface area contributed by atoms with Gasteiger partial charge in [0.2, 0.25) is 5.76 Å². The lowest BCUT2D eigenvalue weighted by molar-refractivity contribution is -0.148. The second kappa shape index (κ2) is 10.5. The van der Waals surface area contributed by atoms with Gasteiger partial charge in [-0.2, -0.15) is 5.16 Å². The SMILES string of the molecule is CCOC(=O)C(C)(C)c1ccc(NC(=O)C2c3ccc(OC)cc3CCN2C(=O)c2cc(=O)[nH]o2)cc1F. The number of aromatic nitrogens is 1. The average molecular weight is 526 g/mol. The fourth-order valence-electron chi connectivity index (χ4n) is 4.49. The first-order chi connectivity index (χ1) is 18.1. The van der Waals surface area contributed by atoms with Crippen LogP contribution in [-0.4, -0.2) is 48.1 Å². The van der Waals surface area contributed by atoms with Crippen molar-refractivity contribution in [3.63, 3.8) is 0 Å². The third kappa shape index (κ3) is 5.04. The highest BCUT2D eigenvalue weighted by molar-refractivity contribution is 6.01. The zero-order valence-corrected chi connectivity index (χ0v) is 21.4. The number of esters is 1. The van der Waals surface area contributed by atoms with E-state index in [0.29, 0.717) is 17.7 Å². The third-order valence-corrected chi connectivity index (χ3v) is 6.52. The van der Waals surface area contributed by atoms with E-state index in [0.717, 1.165) is 17.7 Å². The molecule has 0 aliphatic carbocycles. The van der Waals surface area contributed by atoms with E-state index < -0.39 is 40.6 Å². The molecule has 38 heavy (non-hydrogen) atoms. The van der Waals surface area contributed by atoms with Gasteiger partial charge in [0, 0.05) is 17.8 Å². The van der Waals surface area contributed by atoms with Gasteiger partial charge in [0.25, 0.3) is 17.4 Å². The summed E-state index contributed by atoms with van der Waals surface area (Å²) < 4.78 is 30.4. The summed E-state index contributed by atoms with van der Waals surface area (Å²) >= 11 is 0. The van der Waals surface area contributed by atoms with Crippen LogP contribution in [0, 0.1) is 5.82 Å². The van der Waals surface area contributed by atoms with Crippen molar-refractivity contribution < 1.29 is 32.8 Å². The maximum absolute atomic E-state index is 15.1. The van der Waals surface area contributed by atoms with Crippen LogP contribution in [-0.2, 0) is 26.2 Å². The third-order valence-electron chi connectivity index (χ3n) is 6.52. The lowest BCUT2D eigenvalue weighted by atomic mass is 9.84. The maximum Gasteiger partial charge on any atom is 0.316 e. The van der Waals surface area contributed by atoms with Crippen LogP contribution < -0.4 is 15.6 Å². The number of hydrogen-bond donors (Lipinski definition) is 2. The van der Waals surface area contributed by atoms with Crippen molar-refractivity contribution in [3.8, 4) is 5.75 Å². The van der Waals surface area contributed by atoms with E-state index in [9.17, 15) is 19.2 Å². The number of fused-ring (bicyclic) bond motifs is 1. The second-order valence-electron chi connectivity index (χ2n) is 9.32. The fraction of sp³-hybridized carbons (Fsp3) is 0.333. The highest BCUT2D eigenvalue weighted by Gasteiger charge is 2.38. The molecule has 0 radical (unpaired) electrons. The van der Waals surface area contributed by atoms with E-state index in [1.807, 2.05) is 0 Å². The number of anilines is 1. The Bertz CT molecular complexity index is 1440. The Morgan fingerprint density at radius 3 is 2.58 bits per heavy atom. The number of nitrogens with zero attached hydrogens (tertiary/aromatic N) is 1. The molecule has 0 saturated carbocycles. The van der Waals surface area contributed by atoms with E-state index in [2.05, 4.69) is 10.5 Å². The van der Waals surface area contributed by atoms with E-state index in [1.165, 1.54) is 24.1 Å². The molecule has 0 spiro atoms. The standard InChI is InChI=1S/C27H28FN3O7/c1-5-37-26(35)27(2,3)19-9-6-16(13-20(19)28)29-24(33)23-18-8-7-17(36-4)12-15(18)10-11-31(23)25(34)21-14-22(32)30-38-21/h6-9,12-14,23H,5,10-11H2,1-4H3,(H,29,33)(H,30,32). The van der Waals surface area contributed by atoms with Crippen LogP contribution in [0.25, 0.3) is 0 Å². The van der Waals surface area contributed by atoms with Crippen molar-refractivity contribution >= 4 is 23.5 Å². The molecule has 1 aromatic heterocycles. The Balaban J connectivity index is 1.66. The number of amides is 2. The van der Waals surface area contributed by atoms with Gasteiger partial charge in [-0.15, -0.1) is 0 Å². The molecular formula is C27H28FN3O7. The normalized spacial score (nSPS) is 15.0. The van der Waals surface area contributed by atoms with Crippen LogP contribution >= 0.6 is 0 Å². The van der Waals surface area contributed by atoms with E-state index in [1.54, 1.807) is 39.0 Å². The van der Waals surface area contributed by atoms with Gasteiger partial charge in [0.15, 0.2) is 0 Å². The van der Waals surface area contributed by atoms with Crippen molar-refractivity contribution in [3.05, 3.63) is 81.1 Å². The molecule has 11 heteroatoms. The molecule has 2 N–H and O–H groups in total. The summed E-state index contributed by atoms with van der Waals surface area (Å²) in [7, 11) is 1.53. The van der Waals surface area contributed by atoms with Gasteiger partial charge in [-0.1, -0.05) is 12.1 Å². The number of nitrogens with one attached hydrogen (secondary N) is 2. The van der Waals surface area contributed by atoms with Crippen LogP contribution in [0.15, 0.2) is 51.8 Å². The summed E-state index contributed by atoms with van der Waals surface area (Å²) in [5.74, 6) is -2.16. The lowest BCUT2D eigenvalue weighted by Gasteiger charge is -2.36. The maximum atomic E-state index is 15.1. The zero-order chi connectivity index (χ0) is 27.6. The average Bonchev–Trinajstić information content (AvgIpc) is 3.33.